The highest BCUT2D eigenvalue weighted by Gasteiger charge is 2.26. The molecule has 0 bridgehead atoms. The van der Waals surface area contributed by atoms with E-state index in [-0.39, 0.29) is 17.2 Å². The summed E-state index contributed by atoms with van der Waals surface area (Å²) in [6.07, 6.45) is 0. The maximum Gasteiger partial charge on any atom is 0.154 e. The lowest BCUT2D eigenvalue weighted by Crippen LogP contribution is -2.43. The quantitative estimate of drug-likeness (QED) is 0.703. The first kappa shape index (κ1) is 11.6. The summed E-state index contributed by atoms with van der Waals surface area (Å²) in [4.78, 5) is 11.6. The van der Waals surface area contributed by atoms with Crippen molar-refractivity contribution in [1.29, 1.82) is 0 Å². The summed E-state index contributed by atoms with van der Waals surface area (Å²) in [5, 5.41) is 3.20. The molecule has 12 heavy (non-hydrogen) atoms. The summed E-state index contributed by atoms with van der Waals surface area (Å²) < 4.78 is 0. The Kier molecular flexibility index (Phi) is 3.91. The average Bonchev–Trinajstić information content (AvgIpc) is 1.82. The molecule has 0 unspecified atom stereocenters. The van der Waals surface area contributed by atoms with E-state index in [9.17, 15) is 4.79 Å². The molecule has 0 spiro atoms. The van der Waals surface area contributed by atoms with E-state index in [1.54, 1.807) is 0 Å². The second-order valence-corrected chi connectivity index (χ2v) is 4.66. The van der Waals surface area contributed by atoms with Gasteiger partial charge in [0.2, 0.25) is 0 Å². The van der Waals surface area contributed by atoms with Crippen molar-refractivity contribution >= 4 is 5.78 Å². The highest BCUT2D eigenvalue weighted by atomic mass is 16.1. The van der Waals surface area contributed by atoms with Gasteiger partial charge in [-0.2, -0.15) is 0 Å². The van der Waals surface area contributed by atoms with Crippen molar-refractivity contribution in [3.05, 3.63) is 0 Å². The fraction of sp³-hybridized carbons (Fsp3) is 0.900. The maximum absolute atomic E-state index is 11.6. The summed E-state index contributed by atoms with van der Waals surface area (Å²) in [5.41, 5.74) is -0.235. The fourth-order valence-electron chi connectivity index (χ4n) is 1.23. The third-order valence-electron chi connectivity index (χ3n) is 1.72. The number of ketones is 1. The second-order valence-electron chi connectivity index (χ2n) is 4.66. The molecule has 1 N–H and O–H groups in total. The van der Waals surface area contributed by atoms with E-state index < -0.39 is 0 Å². The van der Waals surface area contributed by atoms with Gasteiger partial charge in [0.05, 0.1) is 6.04 Å². The molecular weight excluding hydrogens is 150 g/mol. The molecule has 0 radical (unpaired) electrons. The van der Waals surface area contributed by atoms with Crippen LogP contribution < -0.4 is 5.32 Å². The maximum atomic E-state index is 11.6. The number of Topliss-reactive ketones (excluding diaryl/α,β-unsaturated/α-hetero) is 1. The van der Waals surface area contributed by atoms with Gasteiger partial charge in [-0.1, -0.05) is 34.6 Å². The van der Waals surface area contributed by atoms with Crippen molar-refractivity contribution in [3.8, 4) is 0 Å². The molecule has 0 amide bonds. The highest BCUT2D eigenvalue weighted by molar-refractivity contribution is 5.88. The minimum absolute atomic E-state index is 0.0370. The number of carbonyl (C=O) groups is 1. The van der Waals surface area contributed by atoms with Gasteiger partial charge in [0.15, 0.2) is 5.78 Å². The molecule has 0 aromatic carbocycles. The number of rotatable bonds is 3. The van der Waals surface area contributed by atoms with Gasteiger partial charge in [0, 0.05) is 11.5 Å². The van der Waals surface area contributed by atoms with Gasteiger partial charge in [-0.15, -0.1) is 0 Å². The monoisotopic (exact) mass is 171 g/mol. The Bertz CT molecular complexity index is 156. The van der Waals surface area contributed by atoms with Crippen LogP contribution in [-0.2, 0) is 4.79 Å². The molecule has 0 aliphatic rings. The van der Waals surface area contributed by atoms with Crippen molar-refractivity contribution in [1.82, 2.24) is 5.32 Å². The zero-order valence-electron chi connectivity index (χ0n) is 9.06. The standard InChI is InChI=1S/C10H21NO/c1-7(2)11-8(3)9(12)10(4,5)6/h7-8,11H,1-6H3/t8-/m0/s1. The Hall–Kier alpha value is -0.370. The largest absolute Gasteiger partial charge is 0.305 e. The molecule has 0 saturated carbocycles. The van der Waals surface area contributed by atoms with Gasteiger partial charge in [0.25, 0.3) is 0 Å². The fourth-order valence-corrected chi connectivity index (χ4v) is 1.23. The van der Waals surface area contributed by atoms with Crippen LogP contribution in [0.15, 0.2) is 0 Å². The molecule has 0 fully saturated rings. The Morgan fingerprint density at radius 2 is 1.58 bits per heavy atom. The summed E-state index contributed by atoms with van der Waals surface area (Å²) in [5.74, 6) is 0.274. The molecule has 2 heteroatoms. The predicted octanol–water partition coefficient (Wildman–Crippen LogP) is 1.99. The minimum atomic E-state index is -0.235. The molecule has 72 valence electrons. The van der Waals surface area contributed by atoms with Crippen molar-refractivity contribution in [2.75, 3.05) is 0 Å². The van der Waals surface area contributed by atoms with Crippen LogP contribution in [0.2, 0.25) is 0 Å². The van der Waals surface area contributed by atoms with E-state index in [1.165, 1.54) is 0 Å². The van der Waals surface area contributed by atoms with Crippen molar-refractivity contribution in [2.24, 2.45) is 5.41 Å². The van der Waals surface area contributed by atoms with Crippen LogP contribution in [0, 0.1) is 5.41 Å². The lowest BCUT2D eigenvalue weighted by atomic mass is 9.87. The van der Waals surface area contributed by atoms with Crippen LogP contribution in [0.25, 0.3) is 0 Å². The Morgan fingerprint density at radius 3 is 1.83 bits per heavy atom. The molecule has 1 atom stereocenters. The van der Waals surface area contributed by atoms with Crippen molar-refractivity contribution < 1.29 is 4.79 Å². The molecule has 0 aliphatic heterocycles. The van der Waals surface area contributed by atoms with Crippen LogP contribution in [-0.4, -0.2) is 17.9 Å². The van der Waals surface area contributed by atoms with Gasteiger partial charge >= 0.3 is 0 Å². The minimum Gasteiger partial charge on any atom is -0.305 e. The number of hydrogen-bond acceptors (Lipinski definition) is 2. The number of hydrogen-bond donors (Lipinski definition) is 1. The Balaban J connectivity index is 4.12. The number of carbonyl (C=O) groups excluding carboxylic acids is 1. The Morgan fingerprint density at radius 1 is 1.17 bits per heavy atom. The first-order valence-corrected chi connectivity index (χ1v) is 4.55. The van der Waals surface area contributed by atoms with E-state index in [2.05, 4.69) is 5.32 Å². The lowest BCUT2D eigenvalue weighted by Gasteiger charge is -2.24. The normalized spacial score (nSPS) is 14.9. The SMILES string of the molecule is CC(C)N[C@@H](C)C(=O)C(C)(C)C. The second kappa shape index (κ2) is 4.04. The van der Waals surface area contributed by atoms with E-state index in [0.29, 0.717) is 6.04 Å². The lowest BCUT2D eigenvalue weighted by molar-refractivity contribution is -0.128. The molecule has 0 aromatic heterocycles. The molecule has 2 nitrogen and oxygen atoms in total. The molecule has 0 rings (SSSR count). The summed E-state index contributed by atoms with van der Waals surface area (Å²) >= 11 is 0. The summed E-state index contributed by atoms with van der Waals surface area (Å²) in [6.45, 7) is 11.9. The van der Waals surface area contributed by atoms with Crippen LogP contribution in [0.5, 0.6) is 0 Å². The molecule has 0 saturated heterocycles. The first-order valence-electron chi connectivity index (χ1n) is 4.55. The van der Waals surface area contributed by atoms with E-state index >= 15 is 0 Å². The van der Waals surface area contributed by atoms with Crippen molar-refractivity contribution in [2.45, 2.75) is 53.6 Å². The third-order valence-corrected chi connectivity index (χ3v) is 1.72. The van der Waals surface area contributed by atoms with E-state index in [1.807, 2.05) is 41.5 Å². The average molecular weight is 171 g/mol. The van der Waals surface area contributed by atoms with Crippen LogP contribution in [0.1, 0.15) is 41.5 Å². The smallest absolute Gasteiger partial charge is 0.154 e. The number of nitrogens with one attached hydrogen (secondary N) is 1. The van der Waals surface area contributed by atoms with Gasteiger partial charge in [0.1, 0.15) is 0 Å². The van der Waals surface area contributed by atoms with Gasteiger partial charge in [-0.3, -0.25) is 4.79 Å². The summed E-state index contributed by atoms with van der Waals surface area (Å²) in [6, 6.07) is 0.330. The summed E-state index contributed by atoms with van der Waals surface area (Å²) in [7, 11) is 0. The van der Waals surface area contributed by atoms with Gasteiger partial charge in [-0.25, -0.2) is 0 Å². The Labute approximate surface area is 75.7 Å². The van der Waals surface area contributed by atoms with E-state index in [0.717, 1.165) is 0 Å². The van der Waals surface area contributed by atoms with Crippen LogP contribution in [0.4, 0.5) is 0 Å². The molecule has 0 aliphatic carbocycles. The first-order chi connectivity index (χ1) is 5.25. The predicted molar refractivity (Wildman–Crippen MR) is 52.2 cm³/mol. The molecular formula is C10H21NO. The van der Waals surface area contributed by atoms with Crippen LogP contribution >= 0.6 is 0 Å². The zero-order chi connectivity index (χ0) is 9.94. The third kappa shape index (κ3) is 3.86. The van der Waals surface area contributed by atoms with Crippen LogP contribution in [0.3, 0.4) is 0 Å². The van der Waals surface area contributed by atoms with Gasteiger partial charge in [-0.05, 0) is 6.92 Å². The molecule has 0 aromatic rings. The zero-order valence-corrected chi connectivity index (χ0v) is 9.06. The molecule has 0 heterocycles. The van der Waals surface area contributed by atoms with E-state index in [4.69, 9.17) is 0 Å². The van der Waals surface area contributed by atoms with Crippen molar-refractivity contribution in [3.63, 3.8) is 0 Å². The van der Waals surface area contributed by atoms with Gasteiger partial charge < -0.3 is 5.32 Å². The topological polar surface area (TPSA) is 29.1 Å². The highest BCUT2D eigenvalue weighted by Crippen LogP contribution is 2.16.